The molecule has 0 heteroatoms. The molecule has 0 aromatic heterocycles. The maximum Gasteiger partial charge on any atom is 0.0155 e. The molecule has 7 aromatic rings. The van der Waals surface area contributed by atoms with Crippen molar-refractivity contribution in [2.75, 3.05) is 0 Å². The van der Waals surface area contributed by atoms with E-state index in [0.717, 1.165) is 0 Å². The van der Waals surface area contributed by atoms with Crippen LogP contribution in [0.3, 0.4) is 0 Å². The molecule has 0 N–H and O–H groups in total. The number of rotatable bonds is 8. The van der Waals surface area contributed by atoms with Gasteiger partial charge in [0, 0.05) is 5.92 Å². The van der Waals surface area contributed by atoms with Crippen molar-refractivity contribution in [1.29, 1.82) is 0 Å². The monoisotopic (exact) mass is 604 g/mol. The van der Waals surface area contributed by atoms with Crippen LogP contribution in [0, 0.1) is 13.8 Å². The SMILES string of the molecule is Cc1ccccc1-c1cc(-c2ccc(C(C)C(c3ccc(-c4ccccc4)cc3)c3ccc(-c4ccccc4)cc3)cc2)ccc1C. The molecule has 0 radical (unpaired) electrons. The Bertz CT molecular complexity index is 1990. The lowest BCUT2D eigenvalue weighted by Crippen LogP contribution is -2.10. The summed E-state index contributed by atoms with van der Waals surface area (Å²) >= 11 is 0. The quantitative estimate of drug-likeness (QED) is 0.162. The Labute approximate surface area is 280 Å². The molecule has 0 nitrogen and oxygen atoms in total. The van der Waals surface area contributed by atoms with E-state index in [1.54, 1.807) is 0 Å². The fraction of sp³-hybridized carbons (Fsp3) is 0.106. The second-order valence-corrected chi connectivity index (χ2v) is 12.7. The molecule has 1 atom stereocenters. The molecule has 0 spiro atoms. The lowest BCUT2D eigenvalue weighted by atomic mass is 9.77. The summed E-state index contributed by atoms with van der Waals surface area (Å²) in [6, 6.07) is 64.4. The zero-order valence-electron chi connectivity index (χ0n) is 27.4. The van der Waals surface area contributed by atoms with Gasteiger partial charge in [-0.2, -0.15) is 0 Å². The summed E-state index contributed by atoms with van der Waals surface area (Å²) < 4.78 is 0. The number of benzene rings is 7. The van der Waals surface area contributed by atoms with Crippen LogP contribution in [0.25, 0.3) is 44.5 Å². The van der Waals surface area contributed by atoms with Crippen molar-refractivity contribution < 1.29 is 0 Å². The first-order valence-corrected chi connectivity index (χ1v) is 16.6. The molecule has 47 heavy (non-hydrogen) atoms. The number of hydrogen-bond donors (Lipinski definition) is 0. The molecule has 0 bridgehead atoms. The highest BCUT2D eigenvalue weighted by atomic mass is 14.3. The third kappa shape index (κ3) is 6.46. The Morgan fingerprint density at radius 1 is 0.319 bits per heavy atom. The Hall–Kier alpha value is -5.46. The lowest BCUT2D eigenvalue weighted by molar-refractivity contribution is 0.658. The van der Waals surface area contributed by atoms with Gasteiger partial charge in [0.1, 0.15) is 0 Å². The van der Waals surface area contributed by atoms with Gasteiger partial charge in [-0.15, -0.1) is 0 Å². The van der Waals surface area contributed by atoms with Crippen molar-refractivity contribution in [3.05, 3.63) is 204 Å². The lowest BCUT2D eigenvalue weighted by Gasteiger charge is -2.26. The van der Waals surface area contributed by atoms with Crippen LogP contribution in [0.1, 0.15) is 46.6 Å². The topological polar surface area (TPSA) is 0 Å². The Kier molecular flexibility index (Phi) is 8.67. The van der Waals surface area contributed by atoms with Gasteiger partial charge >= 0.3 is 0 Å². The Balaban J connectivity index is 1.22. The van der Waals surface area contributed by atoms with Crippen molar-refractivity contribution in [2.45, 2.75) is 32.6 Å². The molecule has 7 rings (SSSR count). The minimum Gasteiger partial charge on any atom is -0.0622 e. The minimum absolute atomic E-state index is 0.211. The van der Waals surface area contributed by atoms with E-state index in [2.05, 4.69) is 197 Å². The van der Waals surface area contributed by atoms with E-state index in [9.17, 15) is 0 Å². The summed E-state index contributed by atoms with van der Waals surface area (Å²) in [4.78, 5) is 0. The third-order valence-corrected chi connectivity index (χ3v) is 9.70. The van der Waals surface area contributed by atoms with Crippen LogP contribution in [0.4, 0.5) is 0 Å². The fourth-order valence-corrected chi connectivity index (χ4v) is 6.94. The van der Waals surface area contributed by atoms with E-state index in [1.807, 2.05) is 0 Å². The van der Waals surface area contributed by atoms with E-state index in [4.69, 9.17) is 0 Å². The smallest absolute Gasteiger partial charge is 0.0155 e. The minimum atomic E-state index is 0.211. The predicted octanol–water partition coefficient (Wildman–Crippen LogP) is 12.9. The highest BCUT2D eigenvalue weighted by Gasteiger charge is 2.23. The van der Waals surface area contributed by atoms with E-state index in [-0.39, 0.29) is 11.8 Å². The highest BCUT2D eigenvalue weighted by Crippen LogP contribution is 2.40. The van der Waals surface area contributed by atoms with Gasteiger partial charge in [-0.3, -0.25) is 0 Å². The first kappa shape index (κ1) is 30.2. The van der Waals surface area contributed by atoms with E-state index >= 15 is 0 Å². The Morgan fingerprint density at radius 3 is 1.21 bits per heavy atom. The van der Waals surface area contributed by atoms with Gasteiger partial charge in [0.15, 0.2) is 0 Å². The standard InChI is InChI=1S/C47H40/c1-33-12-10-11-17-45(33)46-32-44(19-18-34(46)2)41-22-20-36(21-23-41)35(3)47(42-28-24-39(25-29-42)37-13-6-4-7-14-37)43-30-26-40(27-31-43)38-15-8-5-9-16-38/h4-32,35,47H,1-3H3. The van der Waals surface area contributed by atoms with Crippen LogP contribution in [0.5, 0.6) is 0 Å². The zero-order chi connectivity index (χ0) is 32.2. The van der Waals surface area contributed by atoms with Crippen LogP contribution in [-0.4, -0.2) is 0 Å². The van der Waals surface area contributed by atoms with Crippen molar-refractivity contribution >= 4 is 0 Å². The summed E-state index contributed by atoms with van der Waals surface area (Å²) in [7, 11) is 0. The Morgan fingerprint density at radius 2 is 0.702 bits per heavy atom. The molecular formula is C47H40. The second-order valence-electron chi connectivity index (χ2n) is 12.7. The molecule has 1 unspecified atom stereocenters. The van der Waals surface area contributed by atoms with Gasteiger partial charge in [0.2, 0.25) is 0 Å². The first-order chi connectivity index (χ1) is 23.0. The van der Waals surface area contributed by atoms with E-state index in [1.165, 1.54) is 72.3 Å². The average molecular weight is 605 g/mol. The maximum absolute atomic E-state index is 2.37. The molecule has 7 aromatic carbocycles. The van der Waals surface area contributed by atoms with Gasteiger partial charge in [-0.05, 0) is 98.2 Å². The molecule has 0 aliphatic heterocycles. The van der Waals surface area contributed by atoms with Crippen molar-refractivity contribution in [3.8, 4) is 44.5 Å². The van der Waals surface area contributed by atoms with Crippen molar-refractivity contribution in [3.63, 3.8) is 0 Å². The van der Waals surface area contributed by atoms with Gasteiger partial charge in [0.25, 0.3) is 0 Å². The molecule has 0 fully saturated rings. The normalized spacial score (nSPS) is 11.8. The van der Waals surface area contributed by atoms with Crippen LogP contribution < -0.4 is 0 Å². The van der Waals surface area contributed by atoms with Crippen LogP contribution in [-0.2, 0) is 0 Å². The molecule has 228 valence electrons. The summed E-state index contributed by atoms with van der Waals surface area (Å²) in [5.74, 6) is 0.484. The average Bonchev–Trinajstić information content (AvgIpc) is 3.14. The molecule has 0 amide bonds. The second kappa shape index (κ2) is 13.5. The van der Waals surface area contributed by atoms with E-state index < -0.39 is 0 Å². The molecule has 0 saturated heterocycles. The van der Waals surface area contributed by atoms with Gasteiger partial charge < -0.3 is 0 Å². The van der Waals surface area contributed by atoms with E-state index in [0.29, 0.717) is 0 Å². The molecule has 0 aliphatic carbocycles. The van der Waals surface area contributed by atoms with Crippen molar-refractivity contribution in [2.24, 2.45) is 0 Å². The fourth-order valence-electron chi connectivity index (χ4n) is 6.94. The van der Waals surface area contributed by atoms with Crippen LogP contribution >= 0.6 is 0 Å². The number of aryl methyl sites for hydroxylation is 2. The maximum atomic E-state index is 2.37. The van der Waals surface area contributed by atoms with Gasteiger partial charge in [0.05, 0.1) is 0 Å². The van der Waals surface area contributed by atoms with Gasteiger partial charge in [-0.25, -0.2) is 0 Å². The largest absolute Gasteiger partial charge is 0.0622 e. The van der Waals surface area contributed by atoms with Crippen molar-refractivity contribution in [1.82, 2.24) is 0 Å². The van der Waals surface area contributed by atoms with Crippen LogP contribution in [0.2, 0.25) is 0 Å². The molecule has 0 aliphatic rings. The van der Waals surface area contributed by atoms with Gasteiger partial charge in [-0.1, -0.05) is 177 Å². The molecular weight excluding hydrogens is 565 g/mol. The first-order valence-electron chi connectivity index (χ1n) is 16.6. The zero-order valence-corrected chi connectivity index (χ0v) is 27.4. The molecule has 0 saturated carbocycles. The summed E-state index contributed by atoms with van der Waals surface area (Å²) in [6.45, 7) is 6.77. The molecule has 0 heterocycles. The summed E-state index contributed by atoms with van der Waals surface area (Å²) in [5.41, 5.74) is 16.7. The third-order valence-electron chi connectivity index (χ3n) is 9.70. The van der Waals surface area contributed by atoms with Crippen LogP contribution in [0.15, 0.2) is 176 Å². The predicted molar refractivity (Wildman–Crippen MR) is 201 cm³/mol. The summed E-state index contributed by atoms with van der Waals surface area (Å²) in [5, 5.41) is 0. The highest BCUT2D eigenvalue weighted by molar-refractivity contribution is 5.77. The number of hydrogen-bond acceptors (Lipinski definition) is 0. The summed E-state index contributed by atoms with van der Waals surface area (Å²) in [6.07, 6.45) is 0.